The molecule has 4 heteroatoms. The predicted octanol–water partition coefficient (Wildman–Crippen LogP) is 5.98. The molecule has 2 aromatic heterocycles. The molecule has 0 spiro atoms. The number of nitrogens with one attached hydrogen (secondary N) is 1. The highest BCUT2D eigenvalue weighted by Crippen LogP contribution is 2.30. The molecule has 0 radical (unpaired) electrons. The van der Waals surface area contributed by atoms with E-state index in [1.165, 1.54) is 22.1 Å². The zero-order valence-electron chi connectivity index (χ0n) is 14.9. The van der Waals surface area contributed by atoms with Crippen LogP contribution in [0.2, 0.25) is 0 Å². The van der Waals surface area contributed by atoms with Gasteiger partial charge in [-0.3, -0.25) is 4.79 Å². The van der Waals surface area contributed by atoms with Crippen molar-refractivity contribution in [2.24, 2.45) is 0 Å². The van der Waals surface area contributed by atoms with Crippen LogP contribution in [0.3, 0.4) is 0 Å². The van der Waals surface area contributed by atoms with Crippen LogP contribution in [0.1, 0.15) is 11.4 Å². The molecule has 0 bridgehead atoms. The molecule has 0 saturated carbocycles. The van der Waals surface area contributed by atoms with Gasteiger partial charge in [0, 0.05) is 4.88 Å². The van der Waals surface area contributed by atoms with Gasteiger partial charge >= 0.3 is 0 Å². The summed E-state index contributed by atoms with van der Waals surface area (Å²) in [7, 11) is 0. The van der Waals surface area contributed by atoms with Crippen molar-refractivity contribution >= 4 is 44.5 Å². The molecule has 3 aromatic carbocycles. The average Bonchev–Trinajstić information content (AvgIpc) is 3.18. The fourth-order valence-electron chi connectivity index (χ4n) is 3.34. The maximum absolute atomic E-state index is 12.5. The first-order chi connectivity index (χ1) is 13.8. The maximum Gasteiger partial charge on any atom is 0.259 e. The Morgan fingerprint density at radius 3 is 2.50 bits per heavy atom. The van der Waals surface area contributed by atoms with Crippen molar-refractivity contribution in [3.63, 3.8) is 0 Å². The largest absolute Gasteiger partial charge is 0.306 e. The van der Waals surface area contributed by atoms with Crippen molar-refractivity contribution in [3.05, 3.63) is 101 Å². The summed E-state index contributed by atoms with van der Waals surface area (Å²) in [6.07, 6.45) is 3.86. The minimum atomic E-state index is -0.110. The van der Waals surface area contributed by atoms with Crippen LogP contribution in [0.25, 0.3) is 43.6 Å². The third-order valence-electron chi connectivity index (χ3n) is 4.72. The summed E-state index contributed by atoms with van der Waals surface area (Å²) in [6.45, 7) is 0. The molecule has 5 rings (SSSR count). The molecule has 28 heavy (non-hydrogen) atoms. The highest BCUT2D eigenvalue weighted by molar-refractivity contribution is 7.21. The van der Waals surface area contributed by atoms with Gasteiger partial charge in [0.15, 0.2) is 0 Å². The number of hydrogen-bond donors (Lipinski definition) is 1. The van der Waals surface area contributed by atoms with Gasteiger partial charge in [0.25, 0.3) is 5.56 Å². The van der Waals surface area contributed by atoms with Crippen LogP contribution < -0.4 is 5.56 Å². The number of aromatic amines is 1. The van der Waals surface area contributed by atoms with Crippen LogP contribution in [0.5, 0.6) is 0 Å². The van der Waals surface area contributed by atoms with E-state index in [0.717, 1.165) is 20.8 Å². The number of fused-ring (bicyclic) bond motifs is 2. The van der Waals surface area contributed by atoms with Crippen molar-refractivity contribution in [1.29, 1.82) is 0 Å². The van der Waals surface area contributed by atoms with Crippen LogP contribution in [-0.4, -0.2) is 9.97 Å². The first kappa shape index (κ1) is 16.7. The lowest BCUT2D eigenvalue weighted by atomic mass is 10.0. The lowest BCUT2D eigenvalue weighted by molar-refractivity contribution is 1.15. The highest BCUT2D eigenvalue weighted by atomic mass is 32.1. The molecule has 5 aromatic rings. The van der Waals surface area contributed by atoms with Gasteiger partial charge < -0.3 is 4.98 Å². The molecule has 0 aliphatic carbocycles. The van der Waals surface area contributed by atoms with E-state index in [1.807, 2.05) is 66.7 Å². The van der Waals surface area contributed by atoms with Gasteiger partial charge in [-0.2, -0.15) is 0 Å². The van der Waals surface area contributed by atoms with E-state index in [4.69, 9.17) is 0 Å². The standard InChI is InChI=1S/C24H16N2OS/c27-23-20-15-21(18-8-2-1-3-9-18)28-24(20)26-22(25-23)14-13-17-11-6-10-16-7-4-5-12-19(16)17/h1-15H,(H,25,26,27)/b14-13+. The Bertz CT molecular complexity index is 1380. The van der Waals surface area contributed by atoms with Crippen LogP contribution in [0, 0.1) is 0 Å². The van der Waals surface area contributed by atoms with Crippen molar-refractivity contribution in [1.82, 2.24) is 9.97 Å². The molecular weight excluding hydrogens is 364 g/mol. The minimum Gasteiger partial charge on any atom is -0.306 e. The smallest absolute Gasteiger partial charge is 0.259 e. The number of hydrogen-bond acceptors (Lipinski definition) is 3. The third kappa shape index (κ3) is 3.04. The lowest BCUT2D eigenvalue weighted by Crippen LogP contribution is -2.07. The number of rotatable bonds is 3. The molecular formula is C24H16N2OS. The third-order valence-corrected chi connectivity index (χ3v) is 5.80. The molecule has 0 atom stereocenters. The predicted molar refractivity (Wildman–Crippen MR) is 119 cm³/mol. The zero-order chi connectivity index (χ0) is 18.9. The number of aromatic nitrogens is 2. The molecule has 0 saturated heterocycles. The first-order valence-electron chi connectivity index (χ1n) is 9.03. The average molecular weight is 380 g/mol. The first-order valence-corrected chi connectivity index (χ1v) is 9.85. The number of benzene rings is 3. The van der Waals surface area contributed by atoms with Crippen LogP contribution in [-0.2, 0) is 0 Å². The van der Waals surface area contributed by atoms with E-state index in [-0.39, 0.29) is 5.56 Å². The van der Waals surface area contributed by atoms with Gasteiger partial charge in [-0.05, 0) is 34.0 Å². The summed E-state index contributed by atoms with van der Waals surface area (Å²) in [6, 6.07) is 26.4. The maximum atomic E-state index is 12.5. The van der Waals surface area contributed by atoms with Gasteiger partial charge in [0.05, 0.1) is 5.39 Å². The molecule has 1 N–H and O–H groups in total. The molecule has 0 fully saturated rings. The molecule has 0 amide bonds. The Hall–Kier alpha value is -3.50. The van der Waals surface area contributed by atoms with Crippen molar-refractivity contribution in [2.45, 2.75) is 0 Å². The van der Waals surface area contributed by atoms with E-state index in [9.17, 15) is 4.79 Å². The van der Waals surface area contributed by atoms with E-state index < -0.39 is 0 Å². The fourth-order valence-corrected chi connectivity index (χ4v) is 4.38. The summed E-state index contributed by atoms with van der Waals surface area (Å²) < 4.78 is 0. The monoisotopic (exact) mass is 380 g/mol. The normalized spacial score (nSPS) is 11.6. The van der Waals surface area contributed by atoms with E-state index in [0.29, 0.717) is 11.2 Å². The van der Waals surface area contributed by atoms with Crippen molar-refractivity contribution in [2.75, 3.05) is 0 Å². The summed E-state index contributed by atoms with van der Waals surface area (Å²) in [5.41, 5.74) is 2.08. The molecule has 0 aliphatic heterocycles. The molecule has 3 nitrogen and oxygen atoms in total. The highest BCUT2D eigenvalue weighted by Gasteiger charge is 2.09. The number of H-pyrrole nitrogens is 1. The van der Waals surface area contributed by atoms with Gasteiger partial charge in [-0.15, -0.1) is 11.3 Å². The summed E-state index contributed by atoms with van der Waals surface area (Å²) in [5, 5.41) is 2.99. The van der Waals surface area contributed by atoms with Gasteiger partial charge in [0.1, 0.15) is 10.7 Å². The van der Waals surface area contributed by atoms with Crippen molar-refractivity contribution in [3.8, 4) is 10.4 Å². The SMILES string of the molecule is O=c1[nH]c(/C=C/c2cccc3ccccc23)nc2sc(-c3ccccc3)cc12. The van der Waals surface area contributed by atoms with E-state index in [1.54, 1.807) is 0 Å². The van der Waals surface area contributed by atoms with E-state index >= 15 is 0 Å². The van der Waals surface area contributed by atoms with Gasteiger partial charge in [-0.1, -0.05) is 78.9 Å². The quantitative estimate of drug-likeness (QED) is 0.419. The summed E-state index contributed by atoms with van der Waals surface area (Å²) >= 11 is 1.54. The Kier molecular flexibility index (Phi) is 4.11. The molecule has 0 aliphatic rings. The Morgan fingerprint density at radius 2 is 1.61 bits per heavy atom. The van der Waals surface area contributed by atoms with Crippen LogP contribution in [0.4, 0.5) is 0 Å². The van der Waals surface area contributed by atoms with E-state index in [2.05, 4.69) is 34.2 Å². The van der Waals surface area contributed by atoms with Gasteiger partial charge in [-0.25, -0.2) is 4.98 Å². The van der Waals surface area contributed by atoms with Crippen molar-refractivity contribution < 1.29 is 0 Å². The second kappa shape index (κ2) is 6.91. The van der Waals surface area contributed by atoms with Crippen LogP contribution >= 0.6 is 11.3 Å². The second-order valence-corrected chi connectivity index (χ2v) is 7.58. The Morgan fingerprint density at radius 1 is 0.821 bits per heavy atom. The van der Waals surface area contributed by atoms with Crippen LogP contribution in [0.15, 0.2) is 83.7 Å². The summed E-state index contributed by atoms with van der Waals surface area (Å²) in [5.74, 6) is 0.562. The zero-order valence-corrected chi connectivity index (χ0v) is 15.7. The summed E-state index contributed by atoms with van der Waals surface area (Å²) in [4.78, 5) is 21.9. The number of thiophene rings is 1. The minimum absolute atomic E-state index is 0.110. The number of nitrogens with zero attached hydrogens (tertiary/aromatic N) is 1. The second-order valence-electron chi connectivity index (χ2n) is 6.55. The lowest BCUT2D eigenvalue weighted by Gasteiger charge is -2.01. The topological polar surface area (TPSA) is 45.8 Å². The van der Waals surface area contributed by atoms with Gasteiger partial charge in [0.2, 0.25) is 0 Å². The molecule has 134 valence electrons. The Labute approximate surface area is 165 Å². The molecule has 2 heterocycles. The molecule has 0 unspecified atom stereocenters. The fraction of sp³-hybridized carbons (Fsp3) is 0. The Balaban J connectivity index is 1.56.